The highest BCUT2D eigenvalue weighted by Gasteiger charge is 2.20. The molecule has 2 heterocycles. The second kappa shape index (κ2) is 8.09. The fourth-order valence-electron chi connectivity index (χ4n) is 3.37. The molecule has 0 bridgehead atoms. The average Bonchev–Trinajstić information content (AvgIpc) is 3.02. The molecule has 0 radical (unpaired) electrons. The molecule has 0 aliphatic heterocycles. The van der Waals surface area contributed by atoms with Crippen molar-refractivity contribution in [2.75, 3.05) is 0 Å². The number of benzene rings is 1. The zero-order valence-electron chi connectivity index (χ0n) is 17.5. The summed E-state index contributed by atoms with van der Waals surface area (Å²) in [6.07, 6.45) is 0.134. The van der Waals surface area contributed by atoms with Gasteiger partial charge in [-0.25, -0.2) is 9.50 Å². The van der Waals surface area contributed by atoms with Gasteiger partial charge in [-0.1, -0.05) is 52.0 Å². The van der Waals surface area contributed by atoms with Crippen LogP contribution < -0.4 is 5.32 Å². The van der Waals surface area contributed by atoms with Crippen LogP contribution in [-0.4, -0.2) is 25.5 Å². The Hall–Kier alpha value is -2.76. The number of fused-ring (bicyclic) bond motifs is 1. The van der Waals surface area contributed by atoms with E-state index in [-0.39, 0.29) is 24.3 Å². The van der Waals surface area contributed by atoms with E-state index in [1.807, 2.05) is 19.9 Å². The van der Waals surface area contributed by atoms with Crippen LogP contribution in [0, 0.1) is 19.8 Å². The van der Waals surface area contributed by atoms with Crippen molar-refractivity contribution in [2.24, 2.45) is 5.92 Å². The minimum Gasteiger partial charge on any atom is -0.349 e. The number of aromatic nitrogens is 4. The number of aryl methyl sites for hydroxylation is 2. The SMILES string of the molecule is Cc1cc(C)n2nc(CC(=O)NC(c3ccc(C(C)C)cc3)C(C)C)nc2n1. The van der Waals surface area contributed by atoms with Crippen molar-refractivity contribution in [2.45, 2.75) is 59.9 Å². The normalized spacial score (nSPS) is 12.7. The van der Waals surface area contributed by atoms with Gasteiger partial charge in [-0.15, -0.1) is 5.10 Å². The molecule has 0 fully saturated rings. The molecule has 0 spiro atoms. The summed E-state index contributed by atoms with van der Waals surface area (Å²) in [5.41, 5.74) is 4.25. The van der Waals surface area contributed by atoms with Crippen LogP contribution in [0.3, 0.4) is 0 Å². The third kappa shape index (κ3) is 4.38. The van der Waals surface area contributed by atoms with E-state index >= 15 is 0 Å². The molecule has 1 aromatic carbocycles. The van der Waals surface area contributed by atoms with E-state index in [1.165, 1.54) is 5.56 Å². The first-order valence-electron chi connectivity index (χ1n) is 9.83. The Morgan fingerprint density at radius 3 is 2.29 bits per heavy atom. The summed E-state index contributed by atoms with van der Waals surface area (Å²) in [6, 6.07) is 10.4. The highest BCUT2D eigenvalue weighted by Crippen LogP contribution is 2.24. The summed E-state index contributed by atoms with van der Waals surface area (Å²) in [6.45, 7) is 12.5. The van der Waals surface area contributed by atoms with E-state index in [9.17, 15) is 4.79 Å². The van der Waals surface area contributed by atoms with E-state index in [1.54, 1.807) is 4.52 Å². The molecule has 0 saturated heterocycles. The van der Waals surface area contributed by atoms with Crippen LogP contribution in [0.4, 0.5) is 0 Å². The van der Waals surface area contributed by atoms with Crippen molar-refractivity contribution in [1.29, 1.82) is 0 Å². The van der Waals surface area contributed by atoms with E-state index in [0.29, 0.717) is 17.5 Å². The molecule has 6 nitrogen and oxygen atoms in total. The fraction of sp³-hybridized carbons (Fsp3) is 0.455. The molecule has 1 unspecified atom stereocenters. The monoisotopic (exact) mass is 379 g/mol. The fourth-order valence-corrected chi connectivity index (χ4v) is 3.37. The minimum atomic E-state index is -0.0862. The zero-order chi connectivity index (χ0) is 20.4. The molecule has 3 rings (SSSR count). The Balaban J connectivity index is 1.75. The number of rotatable bonds is 6. The lowest BCUT2D eigenvalue weighted by atomic mass is 9.93. The molecule has 0 aliphatic rings. The lowest BCUT2D eigenvalue weighted by Gasteiger charge is -2.23. The third-order valence-electron chi connectivity index (χ3n) is 4.93. The predicted octanol–water partition coefficient (Wildman–Crippen LogP) is 3.92. The van der Waals surface area contributed by atoms with Crippen LogP contribution in [-0.2, 0) is 11.2 Å². The van der Waals surface area contributed by atoms with Gasteiger partial charge in [0.1, 0.15) is 0 Å². The smallest absolute Gasteiger partial charge is 0.252 e. The number of nitrogens with zero attached hydrogens (tertiary/aromatic N) is 4. The Morgan fingerprint density at radius 2 is 1.68 bits per heavy atom. The Bertz CT molecular complexity index is 973. The van der Waals surface area contributed by atoms with Crippen LogP contribution in [0.1, 0.15) is 68.0 Å². The molecule has 1 amide bonds. The Kier molecular flexibility index (Phi) is 5.77. The van der Waals surface area contributed by atoms with Crippen LogP contribution in [0.2, 0.25) is 0 Å². The quantitative estimate of drug-likeness (QED) is 0.704. The summed E-state index contributed by atoms with van der Waals surface area (Å²) in [7, 11) is 0. The van der Waals surface area contributed by atoms with Crippen molar-refractivity contribution in [1.82, 2.24) is 24.9 Å². The van der Waals surface area contributed by atoms with Gasteiger partial charge in [-0.3, -0.25) is 4.79 Å². The average molecular weight is 380 g/mol. The van der Waals surface area contributed by atoms with Crippen LogP contribution in [0.25, 0.3) is 5.78 Å². The van der Waals surface area contributed by atoms with Crippen molar-refractivity contribution < 1.29 is 4.79 Å². The maximum Gasteiger partial charge on any atom is 0.252 e. The van der Waals surface area contributed by atoms with Gasteiger partial charge >= 0.3 is 0 Å². The number of hydrogen-bond donors (Lipinski definition) is 1. The maximum atomic E-state index is 12.7. The number of hydrogen-bond acceptors (Lipinski definition) is 4. The van der Waals surface area contributed by atoms with Crippen molar-refractivity contribution >= 4 is 11.7 Å². The molecule has 0 aliphatic carbocycles. The van der Waals surface area contributed by atoms with E-state index in [2.05, 4.69) is 72.3 Å². The van der Waals surface area contributed by atoms with Gasteiger partial charge in [0.05, 0.1) is 12.5 Å². The Labute approximate surface area is 166 Å². The summed E-state index contributed by atoms with van der Waals surface area (Å²) in [5.74, 6) is 1.69. The van der Waals surface area contributed by atoms with Gasteiger partial charge in [-0.2, -0.15) is 4.98 Å². The molecule has 1 N–H and O–H groups in total. The Morgan fingerprint density at radius 1 is 1.04 bits per heavy atom. The molecule has 1 atom stereocenters. The van der Waals surface area contributed by atoms with Crippen LogP contribution in [0.5, 0.6) is 0 Å². The van der Waals surface area contributed by atoms with Crippen molar-refractivity contribution in [3.63, 3.8) is 0 Å². The first-order valence-corrected chi connectivity index (χ1v) is 9.83. The van der Waals surface area contributed by atoms with Gasteiger partial charge < -0.3 is 5.32 Å². The van der Waals surface area contributed by atoms with E-state index in [0.717, 1.165) is 17.0 Å². The molecule has 3 aromatic rings. The first-order chi connectivity index (χ1) is 13.2. The number of nitrogens with one attached hydrogen (secondary N) is 1. The third-order valence-corrected chi connectivity index (χ3v) is 4.93. The minimum absolute atomic E-state index is 0.0483. The van der Waals surface area contributed by atoms with Crippen molar-refractivity contribution in [3.8, 4) is 0 Å². The second-order valence-electron chi connectivity index (χ2n) is 8.07. The number of amides is 1. The largest absolute Gasteiger partial charge is 0.349 e. The summed E-state index contributed by atoms with van der Waals surface area (Å²) in [5, 5.41) is 7.58. The van der Waals surface area contributed by atoms with Gasteiger partial charge in [0.2, 0.25) is 5.91 Å². The molecular weight excluding hydrogens is 350 g/mol. The zero-order valence-corrected chi connectivity index (χ0v) is 17.5. The molecule has 0 saturated carbocycles. The first kappa shape index (κ1) is 20.0. The molecular formula is C22H29N5O. The lowest BCUT2D eigenvalue weighted by Crippen LogP contribution is -2.33. The van der Waals surface area contributed by atoms with E-state index in [4.69, 9.17) is 0 Å². The highest BCUT2D eigenvalue weighted by molar-refractivity contribution is 5.78. The predicted molar refractivity (Wildman–Crippen MR) is 110 cm³/mol. The number of carbonyl (C=O) groups excluding carboxylic acids is 1. The highest BCUT2D eigenvalue weighted by atomic mass is 16.1. The van der Waals surface area contributed by atoms with Crippen LogP contribution >= 0.6 is 0 Å². The molecule has 28 heavy (non-hydrogen) atoms. The molecule has 2 aromatic heterocycles. The summed E-state index contributed by atoms with van der Waals surface area (Å²) in [4.78, 5) is 21.5. The lowest BCUT2D eigenvalue weighted by molar-refractivity contribution is -0.121. The van der Waals surface area contributed by atoms with E-state index < -0.39 is 0 Å². The topological polar surface area (TPSA) is 72.2 Å². The maximum absolute atomic E-state index is 12.7. The molecule has 6 heteroatoms. The summed E-state index contributed by atoms with van der Waals surface area (Å²) < 4.78 is 1.68. The summed E-state index contributed by atoms with van der Waals surface area (Å²) >= 11 is 0. The van der Waals surface area contributed by atoms with Gasteiger partial charge in [0, 0.05) is 11.4 Å². The van der Waals surface area contributed by atoms with Crippen LogP contribution in [0.15, 0.2) is 30.3 Å². The second-order valence-corrected chi connectivity index (χ2v) is 8.07. The van der Waals surface area contributed by atoms with Crippen molar-refractivity contribution in [3.05, 3.63) is 58.7 Å². The van der Waals surface area contributed by atoms with Gasteiger partial charge in [0.25, 0.3) is 5.78 Å². The molecule has 148 valence electrons. The number of carbonyl (C=O) groups is 1. The standard InChI is InChI=1S/C22H29N5O/c1-13(2)17-7-9-18(10-8-17)21(14(3)4)25-20(28)12-19-24-22-23-15(5)11-16(6)27(22)26-19/h7-11,13-14,21H,12H2,1-6H3,(H,25,28). The van der Waals surface area contributed by atoms with Gasteiger partial charge in [-0.05, 0) is 42.9 Å². The van der Waals surface area contributed by atoms with Gasteiger partial charge in [0.15, 0.2) is 5.82 Å².